The first-order valence-electron chi connectivity index (χ1n) is 9.00. The van der Waals surface area contributed by atoms with Crippen LogP contribution in [0.5, 0.6) is 0 Å². The molecule has 0 bridgehead atoms. The Balaban J connectivity index is 1.69. The van der Waals surface area contributed by atoms with Gasteiger partial charge in [0.2, 0.25) is 5.91 Å². The molecule has 26 heavy (non-hydrogen) atoms. The number of thiophene rings is 1. The summed E-state index contributed by atoms with van der Waals surface area (Å²) in [4.78, 5) is 40.0. The Bertz CT molecular complexity index is 690. The summed E-state index contributed by atoms with van der Waals surface area (Å²) < 4.78 is 0. The maximum atomic E-state index is 13.0. The normalized spacial score (nSPS) is 23.3. The molecular formula is C17H24N4O4S. The van der Waals surface area contributed by atoms with Crippen LogP contribution in [0.4, 0.5) is 5.00 Å². The van der Waals surface area contributed by atoms with E-state index in [1.807, 2.05) is 11.9 Å². The number of amides is 2. The number of carbonyl (C=O) groups is 2. The van der Waals surface area contributed by atoms with E-state index >= 15 is 0 Å². The Morgan fingerprint density at radius 3 is 2.77 bits per heavy atom. The summed E-state index contributed by atoms with van der Waals surface area (Å²) in [5.41, 5.74) is 0. The van der Waals surface area contributed by atoms with Gasteiger partial charge in [-0.3, -0.25) is 19.7 Å². The first-order chi connectivity index (χ1) is 12.5. The molecule has 9 heteroatoms. The molecule has 1 N–H and O–H groups in total. The average Bonchev–Trinajstić information content (AvgIpc) is 3.31. The van der Waals surface area contributed by atoms with E-state index in [0.717, 1.165) is 50.2 Å². The lowest BCUT2D eigenvalue weighted by molar-refractivity contribution is -0.380. The molecule has 0 radical (unpaired) electrons. The van der Waals surface area contributed by atoms with E-state index in [1.54, 1.807) is 4.90 Å². The fourth-order valence-corrected chi connectivity index (χ4v) is 4.66. The van der Waals surface area contributed by atoms with Crippen molar-refractivity contribution < 1.29 is 14.5 Å². The van der Waals surface area contributed by atoms with Crippen LogP contribution in [0.3, 0.4) is 0 Å². The van der Waals surface area contributed by atoms with E-state index in [0.29, 0.717) is 23.8 Å². The van der Waals surface area contributed by atoms with Gasteiger partial charge in [-0.25, -0.2) is 0 Å². The van der Waals surface area contributed by atoms with Gasteiger partial charge in [0.05, 0.1) is 9.80 Å². The van der Waals surface area contributed by atoms with Crippen molar-refractivity contribution in [3.8, 4) is 0 Å². The topological polar surface area (TPSA) is 95.8 Å². The van der Waals surface area contributed by atoms with Gasteiger partial charge in [-0.05, 0) is 51.3 Å². The predicted octanol–water partition coefficient (Wildman–Crippen LogP) is 1.72. The molecule has 2 aliphatic heterocycles. The molecule has 8 nitrogen and oxygen atoms in total. The molecule has 3 heterocycles. The van der Waals surface area contributed by atoms with Crippen molar-refractivity contribution in [2.45, 2.75) is 31.7 Å². The molecule has 0 spiro atoms. The third-order valence-electron chi connectivity index (χ3n) is 5.10. The molecule has 0 aliphatic carbocycles. The summed E-state index contributed by atoms with van der Waals surface area (Å²) >= 11 is 0.869. The number of piperidine rings is 1. The van der Waals surface area contributed by atoms with E-state index in [2.05, 4.69) is 5.32 Å². The van der Waals surface area contributed by atoms with Gasteiger partial charge >= 0.3 is 5.00 Å². The van der Waals surface area contributed by atoms with Crippen LogP contribution in [0.1, 0.15) is 35.4 Å². The molecule has 2 unspecified atom stereocenters. The summed E-state index contributed by atoms with van der Waals surface area (Å²) in [5, 5.41) is 14.0. The van der Waals surface area contributed by atoms with Crippen LogP contribution in [0.2, 0.25) is 0 Å². The Morgan fingerprint density at radius 1 is 1.31 bits per heavy atom. The minimum atomic E-state index is -0.496. The van der Waals surface area contributed by atoms with Crippen LogP contribution in [0.15, 0.2) is 12.1 Å². The first kappa shape index (κ1) is 18.8. The molecule has 2 fully saturated rings. The van der Waals surface area contributed by atoms with Gasteiger partial charge in [0.15, 0.2) is 0 Å². The number of hydrogen-bond acceptors (Lipinski definition) is 6. The molecule has 2 atom stereocenters. The van der Waals surface area contributed by atoms with Crippen molar-refractivity contribution >= 4 is 28.2 Å². The largest absolute Gasteiger partial charge is 0.341 e. The van der Waals surface area contributed by atoms with Gasteiger partial charge in [-0.15, -0.1) is 0 Å². The molecule has 142 valence electrons. The number of likely N-dealkylation sites (tertiary alicyclic amines) is 2. The second kappa shape index (κ2) is 8.13. The maximum Gasteiger partial charge on any atom is 0.324 e. The van der Waals surface area contributed by atoms with Crippen molar-refractivity contribution in [2.24, 2.45) is 5.92 Å². The minimum absolute atomic E-state index is 0.0164. The van der Waals surface area contributed by atoms with Crippen LogP contribution >= 0.6 is 11.3 Å². The molecule has 2 saturated heterocycles. The highest BCUT2D eigenvalue weighted by molar-refractivity contribution is 7.17. The zero-order valence-corrected chi connectivity index (χ0v) is 15.7. The molecule has 2 aliphatic rings. The predicted molar refractivity (Wildman–Crippen MR) is 98.3 cm³/mol. The number of rotatable bonds is 5. The summed E-state index contributed by atoms with van der Waals surface area (Å²) in [5.74, 6) is 0.189. The monoisotopic (exact) mass is 380 g/mol. The standard InChI is InChI=1S/C17H24N4O4S/c1-18-10-12-4-2-8-19(11-12)16(22)13-5-3-9-20(13)17(23)14-6-7-15(26-14)21(24)25/h6-7,12-13,18H,2-5,8-11H2,1H3. The van der Waals surface area contributed by atoms with E-state index < -0.39 is 11.0 Å². The lowest BCUT2D eigenvalue weighted by Crippen LogP contribution is -2.51. The first-order valence-corrected chi connectivity index (χ1v) is 9.81. The molecule has 0 aromatic carbocycles. The highest BCUT2D eigenvalue weighted by Crippen LogP contribution is 2.29. The number of carbonyl (C=O) groups excluding carboxylic acids is 2. The van der Waals surface area contributed by atoms with E-state index in [1.165, 1.54) is 12.1 Å². The van der Waals surface area contributed by atoms with Crippen molar-refractivity contribution in [3.63, 3.8) is 0 Å². The highest BCUT2D eigenvalue weighted by Gasteiger charge is 2.38. The minimum Gasteiger partial charge on any atom is -0.341 e. The number of nitrogens with one attached hydrogen (secondary N) is 1. The fourth-order valence-electron chi connectivity index (χ4n) is 3.88. The quantitative estimate of drug-likeness (QED) is 0.620. The molecule has 0 saturated carbocycles. The van der Waals surface area contributed by atoms with Gasteiger partial charge in [0, 0.05) is 25.7 Å². The zero-order valence-electron chi connectivity index (χ0n) is 14.8. The summed E-state index contributed by atoms with van der Waals surface area (Å²) in [6.45, 7) is 2.87. The van der Waals surface area contributed by atoms with Crippen LogP contribution in [-0.2, 0) is 4.79 Å². The molecular weight excluding hydrogens is 356 g/mol. The van der Waals surface area contributed by atoms with Crippen molar-refractivity contribution in [1.82, 2.24) is 15.1 Å². The van der Waals surface area contributed by atoms with Crippen LogP contribution < -0.4 is 5.32 Å². The Labute approximate surface area is 156 Å². The van der Waals surface area contributed by atoms with Gasteiger partial charge in [0.25, 0.3) is 5.91 Å². The third-order valence-corrected chi connectivity index (χ3v) is 6.13. The smallest absolute Gasteiger partial charge is 0.324 e. The average molecular weight is 380 g/mol. The van der Waals surface area contributed by atoms with Crippen molar-refractivity contribution in [1.29, 1.82) is 0 Å². The molecule has 1 aromatic rings. The van der Waals surface area contributed by atoms with Crippen molar-refractivity contribution in [2.75, 3.05) is 33.2 Å². The highest BCUT2D eigenvalue weighted by atomic mass is 32.1. The number of nitrogens with zero attached hydrogens (tertiary/aromatic N) is 3. The molecule has 1 aromatic heterocycles. The van der Waals surface area contributed by atoms with Gasteiger partial charge in [0.1, 0.15) is 6.04 Å². The zero-order chi connectivity index (χ0) is 18.7. The third kappa shape index (κ3) is 3.88. The van der Waals surface area contributed by atoms with E-state index in [-0.39, 0.29) is 16.8 Å². The summed E-state index contributed by atoms with van der Waals surface area (Å²) in [6.07, 6.45) is 3.53. The molecule has 3 rings (SSSR count). The Hall–Kier alpha value is -2.00. The van der Waals surface area contributed by atoms with E-state index in [4.69, 9.17) is 0 Å². The second-order valence-electron chi connectivity index (χ2n) is 6.90. The van der Waals surface area contributed by atoms with Gasteiger partial charge in [-0.2, -0.15) is 0 Å². The van der Waals surface area contributed by atoms with Crippen LogP contribution in [-0.4, -0.2) is 65.8 Å². The summed E-state index contributed by atoms with van der Waals surface area (Å²) in [7, 11) is 1.92. The maximum absolute atomic E-state index is 13.0. The SMILES string of the molecule is CNCC1CCCN(C(=O)C2CCCN2C(=O)c2ccc([N+](=O)[O-])s2)C1. The number of nitro groups is 1. The molecule has 2 amide bonds. The van der Waals surface area contributed by atoms with Gasteiger partial charge < -0.3 is 15.1 Å². The van der Waals surface area contributed by atoms with Crippen molar-refractivity contribution in [3.05, 3.63) is 27.1 Å². The lowest BCUT2D eigenvalue weighted by atomic mass is 9.97. The Kier molecular flexibility index (Phi) is 5.87. The van der Waals surface area contributed by atoms with Crippen LogP contribution in [0, 0.1) is 16.0 Å². The Morgan fingerprint density at radius 2 is 2.08 bits per heavy atom. The summed E-state index contributed by atoms with van der Waals surface area (Å²) in [6, 6.07) is 2.38. The van der Waals surface area contributed by atoms with Gasteiger partial charge in [-0.1, -0.05) is 11.3 Å². The second-order valence-corrected chi connectivity index (χ2v) is 7.96. The lowest BCUT2D eigenvalue weighted by Gasteiger charge is -2.36. The fraction of sp³-hybridized carbons (Fsp3) is 0.647. The van der Waals surface area contributed by atoms with Crippen LogP contribution in [0.25, 0.3) is 0 Å². The number of hydrogen-bond donors (Lipinski definition) is 1. The van der Waals surface area contributed by atoms with E-state index in [9.17, 15) is 19.7 Å².